The summed E-state index contributed by atoms with van der Waals surface area (Å²) in [5, 5.41) is 0.457. The first-order valence-corrected chi connectivity index (χ1v) is 10.2. The average molecular weight is 461 g/mol. The van der Waals surface area contributed by atoms with E-state index in [1.807, 2.05) is 0 Å². The molecular weight excluding hydrogens is 448 g/mol. The van der Waals surface area contributed by atoms with Gasteiger partial charge >= 0.3 is 5.97 Å². The summed E-state index contributed by atoms with van der Waals surface area (Å²) in [7, 11) is 0. The molecule has 0 saturated carbocycles. The fraction of sp³-hybridized carbons (Fsp3) is 0.0417. The maximum absolute atomic E-state index is 12.9. The van der Waals surface area contributed by atoms with Crippen LogP contribution in [0.5, 0.6) is 0 Å². The Morgan fingerprint density at radius 2 is 1.30 bits per heavy atom. The van der Waals surface area contributed by atoms with Gasteiger partial charge in [-0.2, -0.15) is 0 Å². The number of fused-ring (bicyclic) bond motifs is 2. The van der Waals surface area contributed by atoms with Gasteiger partial charge in [0.1, 0.15) is 0 Å². The Bertz CT molecular complexity index is 1350. The summed E-state index contributed by atoms with van der Waals surface area (Å²) in [6.45, 7) is -0.577. The van der Waals surface area contributed by atoms with Crippen LogP contribution in [0, 0.1) is 0 Å². The van der Waals surface area contributed by atoms with E-state index in [-0.39, 0.29) is 27.8 Å². The molecule has 162 valence electrons. The van der Waals surface area contributed by atoms with Crippen molar-refractivity contribution in [2.75, 3.05) is 11.6 Å². The second-order valence-corrected chi connectivity index (χ2v) is 7.76. The number of halogens is 1. The first kappa shape index (κ1) is 20.6. The van der Waals surface area contributed by atoms with Gasteiger partial charge in [0.25, 0.3) is 23.6 Å². The van der Waals surface area contributed by atoms with E-state index in [2.05, 4.69) is 0 Å². The number of rotatable bonds is 4. The van der Waals surface area contributed by atoms with Gasteiger partial charge in [0.15, 0.2) is 6.73 Å². The summed E-state index contributed by atoms with van der Waals surface area (Å²) in [6.07, 6.45) is 0. The molecule has 0 fully saturated rings. The Labute approximate surface area is 191 Å². The topological polar surface area (TPSA) is 101 Å². The highest BCUT2D eigenvalue weighted by atomic mass is 35.5. The van der Waals surface area contributed by atoms with Crippen LogP contribution >= 0.6 is 11.6 Å². The minimum absolute atomic E-state index is 0.00413. The van der Waals surface area contributed by atoms with E-state index < -0.39 is 36.3 Å². The molecule has 0 bridgehead atoms. The molecule has 4 amide bonds. The predicted octanol–water partition coefficient (Wildman–Crippen LogP) is 3.55. The summed E-state index contributed by atoms with van der Waals surface area (Å²) < 4.78 is 5.15. The van der Waals surface area contributed by atoms with Crippen molar-refractivity contribution in [1.29, 1.82) is 0 Å². The molecule has 3 aromatic rings. The number of hydrogen-bond acceptors (Lipinski definition) is 6. The maximum atomic E-state index is 12.9. The van der Waals surface area contributed by atoms with Crippen LogP contribution in [0.25, 0.3) is 0 Å². The Hall–Kier alpha value is -4.30. The van der Waals surface area contributed by atoms with Crippen LogP contribution in [0.3, 0.4) is 0 Å². The summed E-state index contributed by atoms with van der Waals surface area (Å²) in [5.74, 6) is -3.08. The SMILES string of the molecule is O=C(OCN1C(=O)c2ccccc2C1=O)c1ccc2c(c1)C(=O)N(c1ccc(Cl)cc1)C2=O. The molecule has 0 radical (unpaired) electrons. The largest absolute Gasteiger partial charge is 0.440 e. The van der Waals surface area contributed by atoms with Crippen molar-refractivity contribution in [2.45, 2.75) is 0 Å². The van der Waals surface area contributed by atoms with Crippen molar-refractivity contribution < 1.29 is 28.7 Å². The number of benzene rings is 3. The van der Waals surface area contributed by atoms with Crippen LogP contribution in [-0.2, 0) is 4.74 Å². The quantitative estimate of drug-likeness (QED) is 0.436. The highest BCUT2D eigenvalue weighted by Crippen LogP contribution is 2.30. The molecule has 3 aromatic carbocycles. The second-order valence-electron chi connectivity index (χ2n) is 7.33. The third-order valence-electron chi connectivity index (χ3n) is 5.41. The van der Waals surface area contributed by atoms with Crippen molar-refractivity contribution in [1.82, 2.24) is 4.90 Å². The van der Waals surface area contributed by atoms with Gasteiger partial charge in [0, 0.05) is 5.02 Å². The minimum atomic E-state index is -0.848. The lowest BCUT2D eigenvalue weighted by molar-refractivity contribution is 0.0227. The van der Waals surface area contributed by atoms with Crippen LogP contribution < -0.4 is 4.90 Å². The third kappa shape index (κ3) is 3.28. The summed E-state index contributed by atoms with van der Waals surface area (Å²) in [4.78, 5) is 64.8. The smallest absolute Gasteiger partial charge is 0.339 e. The normalized spacial score (nSPS) is 14.6. The van der Waals surface area contributed by atoms with Crippen LogP contribution in [0.4, 0.5) is 5.69 Å². The number of esters is 1. The van der Waals surface area contributed by atoms with Crippen LogP contribution in [0.2, 0.25) is 5.02 Å². The van der Waals surface area contributed by atoms with E-state index in [9.17, 15) is 24.0 Å². The first-order chi connectivity index (χ1) is 15.9. The minimum Gasteiger partial charge on any atom is -0.440 e. The summed E-state index contributed by atoms with van der Waals surface area (Å²) >= 11 is 5.87. The van der Waals surface area contributed by atoms with Gasteiger partial charge in [0.2, 0.25) is 0 Å². The monoisotopic (exact) mass is 460 g/mol. The van der Waals surface area contributed by atoms with E-state index in [4.69, 9.17) is 16.3 Å². The number of carbonyl (C=O) groups is 5. The van der Waals surface area contributed by atoms with Gasteiger partial charge in [-0.25, -0.2) is 14.6 Å². The van der Waals surface area contributed by atoms with Crippen molar-refractivity contribution >= 4 is 46.9 Å². The summed E-state index contributed by atoms with van der Waals surface area (Å²) in [5.41, 5.74) is 1.02. The van der Waals surface area contributed by atoms with Crippen LogP contribution in [0.1, 0.15) is 51.8 Å². The van der Waals surface area contributed by atoms with Gasteiger partial charge in [-0.15, -0.1) is 0 Å². The number of amides is 4. The first-order valence-electron chi connectivity index (χ1n) is 9.77. The summed E-state index contributed by atoms with van der Waals surface area (Å²) in [6, 6.07) is 16.5. The van der Waals surface area contributed by atoms with Crippen LogP contribution in [-0.4, -0.2) is 41.2 Å². The van der Waals surface area contributed by atoms with Gasteiger partial charge in [-0.3, -0.25) is 19.2 Å². The van der Waals surface area contributed by atoms with E-state index in [0.717, 1.165) is 9.80 Å². The molecule has 0 spiro atoms. The lowest BCUT2D eigenvalue weighted by atomic mass is 10.1. The molecule has 0 N–H and O–H groups in total. The Morgan fingerprint density at radius 3 is 1.94 bits per heavy atom. The van der Waals surface area contributed by atoms with Crippen molar-refractivity contribution in [3.63, 3.8) is 0 Å². The number of hydrogen-bond donors (Lipinski definition) is 0. The molecule has 5 rings (SSSR count). The number of carbonyl (C=O) groups excluding carboxylic acids is 5. The molecule has 2 aliphatic rings. The molecule has 2 heterocycles. The van der Waals surface area contributed by atoms with Gasteiger partial charge in [-0.05, 0) is 54.6 Å². The van der Waals surface area contributed by atoms with Gasteiger partial charge < -0.3 is 4.74 Å². The maximum Gasteiger partial charge on any atom is 0.339 e. The molecule has 33 heavy (non-hydrogen) atoms. The van der Waals surface area contributed by atoms with Crippen molar-refractivity contribution in [2.24, 2.45) is 0 Å². The number of anilines is 1. The van der Waals surface area contributed by atoms with E-state index >= 15 is 0 Å². The zero-order valence-electron chi connectivity index (χ0n) is 16.8. The van der Waals surface area contributed by atoms with Crippen LogP contribution in [0.15, 0.2) is 66.7 Å². The Morgan fingerprint density at radius 1 is 0.727 bits per heavy atom. The van der Waals surface area contributed by atoms with Gasteiger partial charge in [0.05, 0.1) is 33.5 Å². The molecule has 0 saturated heterocycles. The highest BCUT2D eigenvalue weighted by Gasteiger charge is 2.38. The zero-order valence-corrected chi connectivity index (χ0v) is 17.5. The molecular formula is C24H13ClN2O6. The van der Waals surface area contributed by atoms with Gasteiger partial charge in [-0.1, -0.05) is 23.7 Å². The molecule has 0 aromatic heterocycles. The molecule has 9 heteroatoms. The van der Waals surface area contributed by atoms with E-state index in [1.165, 1.54) is 30.3 Å². The Balaban J connectivity index is 1.33. The van der Waals surface area contributed by atoms with Crippen molar-refractivity contribution in [3.8, 4) is 0 Å². The number of ether oxygens (including phenoxy) is 1. The Kier molecular flexibility index (Phi) is 4.79. The third-order valence-corrected chi connectivity index (χ3v) is 5.66. The lowest BCUT2D eigenvalue weighted by Gasteiger charge is -2.14. The second kappa shape index (κ2) is 7.68. The molecule has 0 atom stereocenters. The molecule has 2 aliphatic heterocycles. The fourth-order valence-corrected chi connectivity index (χ4v) is 3.88. The number of nitrogens with zero attached hydrogens (tertiary/aromatic N) is 2. The predicted molar refractivity (Wildman–Crippen MR) is 116 cm³/mol. The van der Waals surface area contributed by atoms with E-state index in [1.54, 1.807) is 36.4 Å². The number of imide groups is 2. The highest BCUT2D eigenvalue weighted by molar-refractivity contribution is 6.35. The molecule has 0 unspecified atom stereocenters. The van der Waals surface area contributed by atoms with E-state index in [0.29, 0.717) is 10.7 Å². The molecule has 8 nitrogen and oxygen atoms in total. The zero-order chi connectivity index (χ0) is 23.3. The molecule has 0 aliphatic carbocycles. The average Bonchev–Trinajstić information content (AvgIpc) is 3.22. The standard InChI is InChI=1S/C24H13ClN2O6/c25-14-6-8-15(9-7-14)27-22(30)18-10-5-13(11-19(18)23(27)31)24(32)33-12-26-20(28)16-3-1-2-4-17(16)21(26)29/h1-11H,12H2. The fourth-order valence-electron chi connectivity index (χ4n) is 3.76. The van der Waals surface area contributed by atoms with Crippen molar-refractivity contribution in [3.05, 3.63) is 99.6 Å². The lowest BCUT2D eigenvalue weighted by Crippen LogP contribution is -2.33.